The number of hydrogen-bond donors (Lipinski definition) is 2. The molecule has 0 saturated carbocycles. The summed E-state index contributed by atoms with van der Waals surface area (Å²) in [5.41, 5.74) is 4.79. The van der Waals surface area contributed by atoms with Gasteiger partial charge >= 0.3 is 6.09 Å². The number of aromatic amines is 1. The molecule has 1 aromatic heterocycles. The average molecular weight is 319 g/mol. The number of hydrogen-bond acceptors (Lipinski definition) is 3. The summed E-state index contributed by atoms with van der Waals surface area (Å²) in [5.74, 6) is 0. The Hall–Kier alpha value is -3.08. The first kappa shape index (κ1) is 14.5. The Bertz CT molecular complexity index is 913. The number of nitrogens with zero attached hydrogens (tertiary/aromatic N) is 1. The Morgan fingerprint density at radius 3 is 2.71 bits per heavy atom. The number of oxime groups is 1. The number of amides is 1. The van der Waals surface area contributed by atoms with E-state index in [-0.39, 0.29) is 0 Å². The number of fused-ring (bicyclic) bond motifs is 3. The van der Waals surface area contributed by atoms with Crippen molar-refractivity contribution in [2.75, 3.05) is 5.32 Å². The highest BCUT2D eigenvalue weighted by molar-refractivity contribution is 6.06. The molecule has 5 nitrogen and oxygen atoms in total. The number of carbonyl (C=O) groups is 1. The second-order valence-corrected chi connectivity index (χ2v) is 5.79. The maximum absolute atomic E-state index is 11.9. The minimum absolute atomic E-state index is 0.586. The lowest BCUT2D eigenvalue weighted by Gasteiger charge is -2.13. The smallest absolute Gasteiger partial charge is 0.353 e. The number of rotatable bonds is 2. The molecule has 0 saturated heterocycles. The molecule has 2 N–H and O–H groups in total. The quantitative estimate of drug-likeness (QED) is 0.541. The molecule has 0 spiro atoms. The molecule has 4 rings (SSSR count). The van der Waals surface area contributed by atoms with Crippen molar-refractivity contribution < 1.29 is 9.63 Å². The van der Waals surface area contributed by atoms with Gasteiger partial charge in [-0.1, -0.05) is 41.6 Å². The third-order valence-electron chi connectivity index (χ3n) is 4.20. The summed E-state index contributed by atoms with van der Waals surface area (Å²) in [7, 11) is 0. The molecule has 0 radical (unpaired) electrons. The van der Waals surface area contributed by atoms with E-state index < -0.39 is 6.09 Å². The number of anilines is 1. The number of benzene rings is 2. The van der Waals surface area contributed by atoms with Gasteiger partial charge < -0.3 is 4.98 Å². The van der Waals surface area contributed by atoms with Crippen molar-refractivity contribution in [3.63, 3.8) is 0 Å². The van der Waals surface area contributed by atoms with Crippen molar-refractivity contribution in [3.8, 4) is 0 Å². The van der Waals surface area contributed by atoms with Crippen LogP contribution in [-0.2, 0) is 11.3 Å². The molecule has 2 aromatic carbocycles. The van der Waals surface area contributed by atoms with Crippen LogP contribution in [0.4, 0.5) is 10.5 Å². The Kier molecular flexibility index (Phi) is 3.75. The normalized spacial score (nSPS) is 15.2. The predicted octanol–water partition coefficient (Wildman–Crippen LogP) is 4.46. The molecule has 0 unspecified atom stereocenters. The van der Waals surface area contributed by atoms with Gasteiger partial charge in [-0.25, -0.2) is 4.79 Å². The van der Waals surface area contributed by atoms with Gasteiger partial charge in [-0.3, -0.25) is 10.2 Å². The summed E-state index contributed by atoms with van der Waals surface area (Å²) in [4.78, 5) is 20.3. The molecule has 3 aromatic rings. The number of nitrogens with one attached hydrogen (secondary N) is 2. The highest BCUT2D eigenvalue weighted by Crippen LogP contribution is 2.29. The van der Waals surface area contributed by atoms with Crippen molar-refractivity contribution >= 4 is 28.4 Å². The van der Waals surface area contributed by atoms with E-state index in [4.69, 9.17) is 4.84 Å². The third-order valence-corrected chi connectivity index (χ3v) is 4.20. The van der Waals surface area contributed by atoms with Gasteiger partial charge in [-0.05, 0) is 43.0 Å². The Morgan fingerprint density at radius 1 is 1.04 bits per heavy atom. The average Bonchev–Trinajstić information content (AvgIpc) is 3.00. The SMILES string of the molecule is O=C(Nc1ccccc1)ON=C1CCCc2c1[nH]c1ccccc21. The van der Waals surface area contributed by atoms with E-state index in [1.165, 1.54) is 10.9 Å². The summed E-state index contributed by atoms with van der Waals surface area (Å²) in [6.45, 7) is 0. The summed E-state index contributed by atoms with van der Waals surface area (Å²) in [5, 5.41) is 7.96. The van der Waals surface area contributed by atoms with Crippen LogP contribution in [0.2, 0.25) is 0 Å². The van der Waals surface area contributed by atoms with Crippen LogP contribution in [-0.4, -0.2) is 16.8 Å². The minimum Gasteiger partial charge on any atom is -0.353 e. The summed E-state index contributed by atoms with van der Waals surface area (Å²) >= 11 is 0. The zero-order valence-electron chi connectivity index (χ0n) is 13.1. The van der Waals surface area contributed by atoms with Crippen molar-refractivity contribution in [2.24, 2.45) is 5.16 Å². The molecule has 5 heteroatoms. The molecule has 0 aliphatic heterocycles. The molecule has 24 heavy (non-hydrogen) atoms. The topological polar surface area (TPSA) is 66.5 Å². The van der Waals surface area contributed by atoms with Crippen molar-refractivity contribution in [1.82, 2.24) is 4.98 Å². The van der Waals surface area contributed by atoms with E-state index >= 15 is 0 Å². The van der Waals surface area contributed by atoms with Gasteiger partial charge in [0.25, 0.3) is 0 Å². The summed E-state index contributed by atoms with van der Waals surface area (Å²) < 4.78 is 0. The molecule has 0 atom stereocenters. The van der Waals surface area contributed by atoms with Gasteiger partial charge in [0.2, 0.25) is 0 Å². The maximum Gasteiger partial charge on any atom is 0.437 e. The summed E-state index contributed by atoms with van der Waals surface area (Å²) in [6.07, 6.45) is 2.21. The lowest BCUT2D eigenvalue weighted by atomic mass is 9.94. The first-order valence-corrected chi connectivity index (χ1v) is 8.01. The van der Waals surface area contributed by atoms with Crippen LogP contribution in [0.5, 0.6) is 0 Å². The van der Waals surface area contributed by atoms with Gasteiger partial charge in [0, 0.05) is 16.6 Å². The molecule has 0 fully saturated rings. The van der Waals surface area contributed by atoms with Gasteiger partial charge in [0.1, 0.15) is 5.71 Å². The predicted molar refractivity (Wildman–Crippen MR) is 94.3 cm³/mol. The fraction of sp³-hybridized carbons (Fsp3) is 0.158. The molecule has 0 bridgehead atoms. The molecule has 1 heterocycles. The van der Waals surface area contributed by atoms with Crippen LogP contribution in [0.15, 0.2) is 59.8 Å². The van der Waals surface area contributed by atoms with Crippen LogP contribution in [0, 0.1) is 0 Å². The number of para-hydroxylation sites is 2. The highest BCUT2D eigenvalue weighted by atomic mass is 16.7. The van der Waals surface area contributed by atoms with Crippen LogP contribution >= 0.6 is 0 Å². The highest BCUT2D eigenvalue weighted by Gasteiger charge is 2.21. The zero-order chi connectivity index (χ0) is 16.4. The fourth-order valence-electron chi connectivity index (χ4n) is 3.11. The van der Waals surface area contributed by atoms with Gasteiger partial charge in [-0.15, -0.1) is 0 Å². The van der Waals surface area contributed by atoms with Crippen molar-refractivity contribution in [2.45, 2.75) is 19.3 Å². The first-order valence-electron chi connectivity index (χ1n) is 8.01. The zero-order valence-corrected chi connectivity index (χ0v) is 13.1. The van der Waals surface area contributed by atoms with E-state index in [1.807, 2.05) is 36.4 Å². The van der Waals surface area contributed by atoms with E-state index in [1.54, 1.807) is 12.1 Å². The van der Waals surface area contributed by atoms with Crippen LogP contribution in [0.3, 0.4) is 0 Å². The number of carbonyl (C=O) groups excluding carboxylic acids is 1. The van der Waals surface area contributed by atoms with Crippen LogP contribution in [0.25, 0.3) is 10.9 Å². The Labute approximate surface area is 139 Å². The first-order chi connectivity index (χ1) is 11.8. The van der Waals surface area contributed by atoms with Crippen molar-refractivity contribution in [1.29, 1.82) is 0 Å². The molecule has 1 amide bonds. The standard InChI is InChI=1S/C19H17N3O2/c23-19(20-13-7-2-1-3-8-13)24-22-17-12-6-10-15-14-9-4-5-11-16(14)21-18(15)17/h1-5,7-9,11,21H,6,10,12H2,(H,20,23). The van der Waals surface area contributed by atoms with Gasteiger partial charge in [-0.2, -0.15) is 0 Å². The minimum atomic E-state index is -0.586. The van der Waals surface area contributed by atoms with Crippen LogP contribution in [0.1, 0.15) is 24.1 Å². The number of aromatic nitrogens is 1. The van der Waals surface area contributed by atoms with Crippen molar-refractivity contribution in [3.05, 3.63) is 65.9 Å². The second-order valence-electron chi connectivity index (χ2n) is 5.79. The molecular formula is C19H17N3O2. The van der Waals surface area contributed by atoms with E-state index in [0.29, 0.717) is 5.69 Å². The third kappa shape index (κ3) is 2.76. The lowest BCUT2D eigenvalue weighted by molar-refractivity contribution is 0.166. The molecule has 1 aliphatic rings. The second kappa shape index (κ2) is 6.20. The largest absolute Gasteiger partial charge is 0.437 e. The molecule has 1 aliphatic carbocycles. The molecule has 120 valence electrons. The van der Waals surface area contributed by atoms with E-state index in [2.05, 4.69) is 21.5 Å². The van der Waals surface area contributed by atoms with Crippen LogP contribution < -0.4 is 5.32 Å². The van der Waals surface area contributed by atoms with Gasteiger partial charge in [0.05, 0.1) is 5.69 Å². The lowest BCUT2D eigenvalue weighted by Crippen LogP contribution is -2.15. The maximum atomic E-state index is 11.9. The number of aryl methyl sites for hydroxylation is 1. The monoisotopic (exact) mass is 319 g/mol. The number of H-pyrrole nitrogens is 1. The summed E-state index contributed by atoms with van der Waals surface area (Å²) in [6, 6.07) is 17.4. The fourth-order valence-corrected chi connectivity index (χ4v) is 3.11. The van der Waals surface area contributed by atoms with Gasteiger partial charge in [0.15, 0.2) is 0 Å². The molecular weight excluding hydrogens is 302 g/mol. The Balaban J connectivity index is 1.55. The van der Waals surface area contributed by atoms with E-state index in [9.17, 15) is 4.79 Å². The Morgan fingerprint density at radius 2 is 1.83 bits per heavy atom. The van der Waals surface area contributed by atoms with E-state index in [0.717, 1.165) is 36.2 Å².